The van der Waals surface area contributed by atoms with Gasteiger partial charge in [-0.2, -0.15) is 0 Å². The Kier molecular flexibility index (Phi) is 14.3. The van der Waals surface area contributed by atoms with Gasteiger partial charge < -0.3 is 28.7 Å². The van der Waals surface area contributed by atoms with E-state index in [1.54, 1.807) is 0 Å². The lowest BCUT2D eigenvalue weighted by Gasteiger charge is -2.40. The standard InChI is InChI=1S/C48H70N4O6/c1-49-25-9-15-39(23-27-49)55-41-19-17-37-21-29-51(33-35-11-5-3-6-12-35)45(43(37)31-41)57-47(53)48(54)58-46-44-32-42(56-40-16-10-26-50(2)28-24-40)20-18-38(44)22-30-52(46)34-36-13-7-4-8-14-36/h17-20,31-32,35-36,39-40,45-46H,3-16,21-30,33-34H2,1-2H3. The minimum Gasteiger partial charge on any atom is -0.490 e. The van der Waals surface area contributed by atoms with Crippen LogP contribution in [0, 0.1) is 11.8 Å². The van der Waals surface area contributed by atoms with Crippen molar-refractivity contribution >= 4 is 11.9 Å². The van der Waals surface area contributed by atoms with Crippen LogP contribution >= 0.6 is 0 Å². The van der Waals surface area contributed by atoms with Crippen LogP contribution in [0.25, 0.3) is 0 Å². The minimum absolute atomic E-state index is 0.149. The number of carbonyl (C=O) groups is 2. The molecule has 10 heteroatoms. The Balaban J connectivity index is 1.02. The van der Waals surface area contributed by atoms with E-state index in [1.165, 1.54) is 64.2 Å². The molecule has 4 atom stereocenters. The molecule has 4 aliphatic heterocycles. The van der Waals surface area contributed by atoms with Crippen molar-refractivity contribution in [3.05, 3.63) is 58.7 Å². The maximum absolute atomic E-state index is 14.2. The Morgan fingerprint density at radius 2 is 0.948 bits per heavy atom. The first kappa shape index (κ1) is 41.5. The first-order valence-electron chi connectivity index (χ1n) is 23.2. The normalized spacial score (nSPS) is 27.4. The van der Waals surface area contributed by atoms with Crippen LogP contribution in [0.5, 0.6) is 11.5 Å². The molecule has 0 aromatic heterocycles. The fourth-order valence-electron chi connectivity index (χ4n) is 10.8. The van der Waals surface area contributed by atoms with Crippen LogP contribution in [0.15, 0.2) is 36.4 Å². The van der Waals surface area contributed by atoms with Crippen LogP contribution in [0.4, 0.5) is 0 Å². The number of likely N-dealkylation sites (tertiary alicyclic amines) is 2. The van der Waals surface area contributed by atoms with Crippen LogP contribution in [0.1, 0.15) is 137 Å². The van der Waals surface area contributed by atoms with Crippen LogP contribution in [0.2, 0.25) is 0 Å². The van der Waals surface area contributed by atoms with Gasteiger partial charge in [0.05, 0.1) is 12.2 Å². The van der Waals surface area contributed by atoms with Crippen molar-refractivity contribution in [3.63, 3.8) is 0 Å². The van der Waals surface area contributed by atoms with Gasteiger partial charge in [-0.05, 0) is 151 Å². The molecule has 2 aromatic carbocycles. The summed E-state index contributed by atoms with van der Waals surface area (Å²) >= 11 is 0. The molecule has 0 amide bonds. The van der Waals surface area contributed by atoms with Gasteiger partial charge in [0, 0.05) is 50.4 Å². The molecule has 0 bridgehead atoms. The van der Waals surface area contributed by atoms with Gasteiger partial charge in [0.25, 0.3) is 0 Å². The molecule has 8 rings (SSSR count). The van der Waals surface area contributed by atoms with Gasteiger partial charge in [-0.15, -0.1) is 0 Å². The maximum Gasteiger partial charge on any atom is 0.419 e. The summed E-state index contributed by atoms with van der Waals surface area (Å²) in [6.45, 7) is 7.45. The molecule has 4 heterocycles. The summed E-state index contributed by atoms with van der Waals surface area (Å²) in [5.74, 6) is 0.861. The average molecular weight is 799 g/mol. The Bertz CT molecular complexity index is 1550. The zero-order chi connectivity index (χ0) is 39.8. The molecule has 10 nitrogen and oxygen atoms in total. The first-order valence-corrected chi connectivity index (χ1v) is 23.2. The largest absolute Gasteiger partial charge is 0.490 e. The number of hydrogen-bond donors (Lipinski definition) is 0. The number of hydrogen-bond acceptors (Lipinski definition) is 10. The molecule has 2 aromatic rings. The number of benzene rings is 2. The molecule has 58 heavy (non-hydrogen) atoms. The van der Waals surface area contributed by atoms with Crippen molar-refractivity contribution in [1.29, 1.82) is 0 Å². The van der Waals surface area contributed by atoms with Gasteiger partial charge in [0.1, 0.15) is 11.5 Å². The maximum atomic E-state index is 14.2. The number of esters is 2. The number of carbonyl (C=O) groups excluding carboxylic acids is 2. The SMILES string of the molecule is CN1CCCC(Oc2ccc3c(c2)C(OC(=O)C(=O)OC2c4cc(OC5CCCN(C)CC5)ccc4CCN2CC2CCCCC2)N(CC2CCCCC2)CC3)CC1. The highest BCUT2D eigenvalue weighted by Crippen LogP contribution is 2.39. The lowest BCUT2D eigenvalue weighted by molar-refractivity contribution is -0.188. The molecule has 2 saturated heterocycles. The highest BCUT2D eigenvalue weighted by atomic mass is 16.6. The summed E-state index contributed by atoms with van der Waals surface area (Å²) in [5.41, 5.74) is 4.15. The summed E-state index contributed by atoms with van der Waals surface area (Å²) in [4.78, 5) is 37.7. The third kappa shape index (κ3) is 10.8. The smallest absolute Gasteiger partial charge is 0.419 e. The van der Waals surface area contributed by atoms with Crippen LogP contribution in [0.3, 0.4) is 0 Å². The van der Waals surface area contributed by atoms with Crippen molar-refractivity contribution in [3.8, 4) is 11.5 Å². The lowest BCUT2D eigenvalue weighted by atomic mass is 9.88. The predicted octanol–water partition coefficient (Wildman–Crippen LogP) is 8.07. The number of nitrogens with zero attached hydrogens (tertiary/aromatic N) is 4. The molecule has 2 aliphatic carbocycles. The van der Waals surface area contributed by atoms with E-state index in [0.29, 0.717) is 11.8 Å². The molecule has 2 saturated carbocycles. The van der Waals surface area contributed by atoms with Gasteiger partial charge >= 0.3 is 11.9 Å². The van der Waals surface area contributed by atoms with E-state index in [9.17, 15) is 9.59 Å². The van der Waals surface area contributed by atoms with Crippen molar-refractivity contribution in [2.24, 2.45) is 11.8 Å². The molecule has 0 spiro atoms. The average Bonchev–Trinajstić information content (AvgIpc) is 3.58. The van der Waals surface area contributed by atoms with E-state index in [1.807, 2.05) is 0 Å². The van der Waals surface area contributed by atoms with Crippen molar-refractivity contribution in [2.75, 3.05) is 66.5 Å². The van der Waals surface area contributed by atoms with Crippen LogP contribution < -0.4 is 9.47 Å². The summed E-state index contributed by atoms with van der Waals surface area (Å²) in [7, 11) is 4.36. The fraction of sp³-hybridized carbons (Fsp3) is 0.708. The highest BCUT2D eigenvalue weighted by molar-refractivity contribution is 6.29. The van der Waals surface area contributed by atoms with Gasteiger partial charge in [-0.1, -0.05) is 50.7 Å². The molecule has 0 N–H and O–H groups in total. The molecular weight excluding hydrogens is 729 g/mol. The Labute approximate surface area is 347 Å². The molecule has 4 unspecified atom stereocenters. The Hall–Kier alpha value is -3.18. The van der Waals surface area contributed by atoms with Crippen LogP contribution in [-0.4, -0.2) is 110 Å². The van der Waals surface area contributed by atoms with Gasteiger partial charge in [-0.25, -0.2) is 9.59 Å². The second-order valence-corrected chi connectivity index (χ2v) is 18.7. The predicted molar refractivity (Wildman–Crippen MR) is 226 cm³/mol. The van der Waals surface area contributed by atoms with Gasteiger partial charge in [0.2, 0.25) is 0 Å². The molecule has 0 radical (unpaired) electrons. The molecule has 318 valence electrons. The van der Waals surface area contributed by atoms with E-state index in [0.717, 1.165) is 137 Å². The number of rotatable bonds is 10. The fourth-order valence-corrected chi connectivity index (χ4v) is 10.8. The van der Waals surface area contributed by atoms with Crippen molar-refractivity contribution < 1.29 is 28.5 Å². The summed E-state index contributed by atoms with van der Waals surface area (Å²) in [6.07, 6.45) is 19.2. The minimum atomic E-state index is -0.927. The number of fused-ring (bicyclic) bond motifs is 2. The lowest BCUT2D eigenvalue weighted by Crippen LogP contribution is -2.44. The molecule has 6 aliphatic rings. The molecule has 4 fully saturated rings. The van der Waals surface area contributed by atoms with Gasteiger partial charge in [-0.3, -0.25) is 9.80 Å². The Morgan fingerprint density at radius 3 is 1.38 bits per heavy atom. The molecular formula is C48H70N4O6. The van der Waals surface area contributed by atoms with E-state index < -0.39 is 24.4 Å². The second-order valence-electron chi connectivity index (χ2n) is 18.7. The first-order chi connectivity index (χ1) is 28.3. The Morgan fingerprint density at radius 1 is 0.517 bits per heavy atom. The van der Waals surface area contributed by atoms with Crippen LogP contribution in [-0.2, 0) is 31.9 Å². The number of ether oxygens (including phenoxy) is 4. The third-order valence-corrected chi connectivity index (χ3v) is 14.2. The van der Waals surface area contributed by atoms with E-state index >= 15 is 0 Å². The summed E-state index contributed by atoms with van der Waals surface area (Å²) < 4.78 is 26.0. The summed E-state index contributed by atoms with van der Waals surface area (Å²) in [6, 6.07) is 12.6. The zero-order valence-electron chi connectivity index (χ0n) is 35.6. The van der Waals surface area contributed by atoms with Crippen molar-refractivity contribution in [1.82, 2.24) is 19.6 Å². The second kappa shape index (κ2) is 19.9. The quantitative estimate of drug-likeness (QED) is 0.174. The van der Waals surface area contributed by atoms with Gasteiger partial charge in [0.15, 0.2) is 12.5 Å². The third-order valence-electron chi connectivity index (χ3n) is 14.2. The summed E-state index contributed by atoms with van der Waals surface area (Å²) in [5, 5.41) is 0. The van der Waals surface area contributed by atoms with E-state index in [2.05, 4.69) is 70.1 Å². The highest BCUT2D eigenvalue weighted by Gasteiger charge is 2.39. The van der Waals surface area contributed by atoms with E-state index in [-0.39, 0.29) is 12.2 Å². The monoisotopic (exact) mass is 799 g/mol. The van der Waals surface area contributed by atoms with E-state index in [4.69, 9.17) is 18.9 Å². The van der Waals surface area contributed by atoms with Crippen molar-refractivity contribution in [2.45, 2.75) is 140 Å². The zero-order valence-corrected chi connectivity index (χ0v) is 35.6. The topological polar surface area (TPSA) is 84.0 Å².